The van der Waals surface area contributed by atoms with Gasteiger partial charge in [0.2, 0.25) is 0 Å². The highest BCUT2D eigenvalue weighted by atomic mass is 35.5. The number of nitrogens with zero attached hydrogens (tertiary/aromatic N) is 1. The van der Waals surface area contributed by atoms with Crippen molar-refractivity contribution in [1.82, 2.24) is 0 Å². The highest BCUT2D eigenvalue weighted by Crippen LogP contribution is 2.66. The number of Topliss-reactive ketones (excluding diaryl/α,β-unsaturated/α-hetero) is 1. The molecule has 0 unspecified atom stereocenters. The van der Waals surface area contributed by atoms with E-state index in [4.69, 9.17) is 27.9 Å². The first-order valence-corrected chi connectivity index (χ1v) is 8.85. The third kappa shape index (κ3) is 2.98. The lowest BCUT2D eigenvalue weighted by molar-refractivity contribution is -0.147. The van der Waals surface area contributed by atoms with Crippen molar-refractivity contribution in [2.75, 3.05) is 6.61 Å². The Labute approximate surface area is 161 Å². The van der Waals surface area contributed by atoms with Crippen molar-refractivity contribution >= 4 is 35.0 Å². The molecular formula is C20H15Cl2NO3. The first-order chi connectivity index (χ1) is 12.5. The first-order valence-electron chi connectivity index (χ1n) is 8.09. The predicted molar refractivity (Wildman–Crippen MR) is 98.1 cm³/mol. The second-order valence-electron chi connectivity index (χ2n) is 6.08. The summed E-state index contributed by atoms with van der Waals surface area (Å²) in [4.78, 5) is 25.6. The molecule has 0 amide bonds. The lowest BCUT2D eigenvalue weighted by Crippen LogP contribution is -2.23. The molecule has 1 fully saturated rings. The summed E-state index contributed by atoms with van der Waals surface area (Å²) in [5, 5.41) is 10.8. The third-order valence-electron chi connectivity index (χ3n) is 4.64. The second-order valence-corrected chi connectivity index (χ2v) is 6.95. The molecule has 0 N–H and O–H groups in total. The average molecular weight is 388 g/mol. The van der Waals surface area contributed by atoms with Crippen molar-refractivity contribution in [3.05, 3.63) is 69.7 Å². The Morgan fingerprint density at radius 1 is 1.08 bits per heavy atom. The molecule has 1 aliphatic carbocycles. The number of benzene rings is 2. The van der Waals surface area contributed by atoms with Crippen LogP contribution < -0.4 is 0 Å². The number of rotatable bonds is 5. The van der Waals surface area contributed by atoms with E-state index >= 15 is 0 Å². The number of halogens is 2. The topological polar surface area (TPSA) is 67.2 Å². The van der Waals surface area contributed by atoms with E-state index < -0.39 is 23.2 Å². The monoisotopic (exact) mass is 387 g/mol. The molecule has 2 aromatic carbocycles. The molecule has 0 aromatic heterocycles. The van der Waals surface area contributed by atoms with E-state index in [1.165, 1.54) is 0 Å². The van der Waals surface area contributed by atoms with Crippen LogP contribution in [0.15, 0.2) is 48.5 Å². The Bertz CT molecular complexity index is 887. The van der Waals surface area contributed by atoms with E-state index in [1.807, 2.05) is 0 Å². The van der Waals surface area contributed by atoms with Crippen molar-refractivity contribution in [1.29, 1.82) is 5.26 Å². The molecule has 6 heteroatoms. The number of hydrogen-bond donors (Lipinski definition) is 0. The lowest BCUT2D eigenvalue weighted by atomic mass is 9.99. The van der Waals surface area contributed by atoms with Gasteiger partial charge in [-0.2, -0.15) is 5.26 Å². The van der Waals surface area contributed by atoms with Gasteiger partial charge in [-0.3, -0.25) is 9.59 Å². The minimum Gasteiger partial charge on any atom is -0.465 e. The average Bonchev–Trinajstić information content (AvgIpc) is 3.33. The van der Waals surface area contributed by atoms with Crippen LogP contribution in [0, 0.1) is 22.7 Å². The molecule has 0 saturated heterocycles. The number of hydrogen-bond acceptors (Lipinski definition) is 4. The van der Waals surface area contributed by atoms with Crippen LogP contribution in [0.4, 0.5) is 0 Å². The quantitative estimate of drug-likeness (QED) is 0.552. The van der Waals surface area contributed by atoms with Gasteiger partial charge >= 0.3 is 5.97 Å². The first kappa shape index (κ1) is 18.4. The fourth-order valence-electron chi connectivity index (χ4n) is 3.35. The molecule has 0 radical (unpaired) electrons. The summed E-state index contributed by atoms with van der Waals surface area (Å²) in [5.74, 6) is -2.34. The fraction of sp³-hybridized carbons (Fsp3) is 0.250. The number of esters is 1. The Kier molecular flexibility index (Phi) is 5.04. The van der Waals surface area contributed by atoms with Crippen LogP contribution in [-0.2, 0) is 9.53 Å². The molecule has 3 rings (SSSR count). The largest absolute Gasteiger partial charge is 0.465 e. The van der Waals surface area contributed by atoms with E-state index in [9.17, 15) is 14.9 Å². The summed E-state index contributed by atoms with van der Waals surface area (Å²) in [6.45, 7) is 1.80. The number of carbonyl (C=O) groups excluding carboxylic acids is 2. The Morgan fingerprint density at radius 3 is 2.12 bits per heavy atom. The highest BCUT2D eigenvalue weighted by molar-refractivity contribution is 6.31. The van der Waals surface area contributed by atoms with Gasteiger partial charge < -0.3 is 4.74 Å². The van der Waals surface area contributed by atoms with Gasteiger partial charge in [-0.05, 0) is 48.9 Å². The standard InChI is InChI=1S/C20H15Cl2NO3/c1-2-26-19(25)20(11-23)16(12-3-7-14(21)8-4-12)17(20)18(24)13-5-9-15(22)10-6-13/h3-10,16-17H,2H2,1H3/t16-,17+,20+/m1/s1. The van der Waals surface area contributed by atoms with Crippen molar-refractivity contribution in [3.8, 4) is 6.07 Å². The van der Waals surface area contributed by atoms with Crippen LogP contribution in [-0.4, -0.2) is 18.4 Å². The van der Waals surface area contributed by atoms with E-state index in [0.29, 0.717) is 21.2 Å². The fourth-order valence-corrected chi connectivity index (χ4v) is 3.61. The molecule has 0 heterocycles. The SMILES string of the molecule is CCOC(=O)[C@]1(C#N)[C@H](C(=O)c2ccc(Cl)cc2)[C@H]1c1ccc(Cl)cc1. The van der Waals surface area contributed by atoms with Gasteiger partial charge in [0.05, 0.1) is 18.6 Å². The summed E-state index contributed by atoms with van der Waals surface area (Å²) < 4.78 is 5.11. The van der Waals surface area contributed by atoms with Crippen LogP contribution in [0.1, 0.15) is 28.8 Å². The zero-order valence-electron chi connectivity index (χ0n) is 13.9. The van der Waals surface area contributed by atoms with Crippen molar-refractivity contribution in [3.63, 3.8) is 0 Å². The van der Waals surface area contributed by atoms with Gasteiger partial charge in [0, 0.05) is 21.5 Å². The van der Waals surface area contributed by atoms with Gasteiger partial charge in [0.1, 0.15) is 0 Å². The van der Waals surface area contributed by atoms with Crippen LogP contribution in [0.5, 0.6) is 0 Å². The minimum absolute atomic E-state index is 0.136. The number of ketones is 1. The van der Waals surface area contributed by atoms with Gasteiger partial charge in [-0.1, -0.05) is 35.3 Å². The molecule has 0 spiro atoms. The van der Waals surface area contributed by atoms with Crippen molar-refractivity contribution < 1.29 is 14.3 Å². The van der Waals surface area contributed by atoms with Crippen LogP contribution >= 0.6 is 23.2 Å². The summed E-state index contributed by atoms with van der Waals surface area (Å²) in [7, 11) is 0. The van der Waals surface area contributed by atoms with Gasteiger partial charge in [-0.15, -0.1) is 0 Å². The maximum Gasteiger partial charge on any atom is 0.327 e. The number of ether oxygens (including phenoxy) is 1. The molecule has 0 aliphatic heterocycles. The minimum atomic E-state index is -1.53. The van der Waals surface area contributed by atoms with Crippen LogP contribution in [0.3, 0.4) is 0 Å². The van der Waals surface area contributed by atoms with E-state index in [0.717, 1.165) is 0 Å². The molecular weight excluding hydrogens is 373 g/mol. The third-order valence-corrected chi connectivity index (χ3v) is 5.15. The van der Waals surface area contributed by atoms with Crippen LogP contribution in [0.25, 0.3) is 0 Å². The van der Waals surface area contributed by atoms with E-state index in [1.54, 1.807) is 55.5 Å². The molecule has 0 bridgehead atoms. The molecule has 3 atom stereocenters. The summed E-state index contributed by atoms with van der Waals surface area (Å²) in [6, 6.07) is 15.3. The summed E-state index contributed by atoms with van der Waals surface area (Å²) in [6.07, 6.45) is 0. The smallest absolute Gasteiger partial charge is 0.327 e. The maximum atomic E-state index is 13.0. The Hall–Kier alpha value is -2.35. The molecule has 1 aliphatic rings. The second kappa shape index (κ2) is 7.11. The highest BCUT2D eigenvalue weighted by Gasteiger charge is 2.75. The molecule has 4 nitrogen and oxygen atoms in total. The maximum absolute atomic E-state index is 13.0. The Morgan fingerprint density at radius 2 is 1.62 bits per heavy atom. The Balaban J connectivity index is 2.03. The van der Waals surface area contributed by atoms with Crippen molar-refractivity contribution in [2.45, 2.75) is 12.8 Å². The van der Waals surface area contributed by atoms with Crippen LogP contribution in [0.2, 0.25) is 10.0 Å². The molecule has 1 saturated carbocycles. The normalized spacial score (nSPS) is 23.8. The van der Waals surface area contributed by atoms with Gasteiger partial charge in [-0.25, -0.2) is 0 Å². The van der Waals surface area contributed by atoms with E-state index in [2.05, 4.69) is 6.07 Å². The predicted octanol–water partition coefficient (Wildman–Crippen LogP) is 4.66. The zero-order valence-corrected chi connectivity index (χ0v) is 15.4. The molecule has 26 heavy (non-hydrogen) atoms. The molecule has 2 aromatic rings. The zero-order chi connectivity index (χ0) is 18.9. The van der Waals surface area contributed by atoms with Crippen molar-refractivity contribution in [2.24, 2.45) is 11.3 Å². The summed E-state index contributed by atoms with van der Waals surface area (Å²) >= 11 is 11.8. The molecule has 132 valence electrons. The van der Waals surface area contributed by atoms with E-state index in [-0.39, 0.29) is 12.4 Å². The number of nitriles is 1. The van der Waals surface area contributed by atoms with Gasteiger partial charge in [0.15, 0.2) is 11.2 Å². The number of carbonyl (C=O) groups is 2. The lowest BCUT2D eigenvalue weighted by Gasteiger charge is -2.08. The van der Waals surface area contributed by atoms with Gasteiger partial charge in [0.25, 0.3) is 0 Å². The summed E-state index contributed by atoms with van der Waals surface area (Å²) in [5.41, 5.74) is -0.420.